The molecular formula is C13H22ClN5. The summed E-state index contributed by atoms with van der Waals surface area (Å²) in [5, 5.41) is 12.3. The van der Waals surface area contributed by atoms with Crippen LogP contribution in [-0.4, -0.2) is 19.6 Å². The quantitative estimate of drug-likeness (QED) is 0.884. The Morgan fingerprint density at radius 3 is 2.42 bits per heavy atom. The smallest absolute Gasteiger partial charge is 0.0762 e. The fourth-order valence-electron chi connectivity index (χ4n) is 1.89. The maximum atomic E-state index is 4.44. The molecule has 0 atom stereocenters. The fraction of sp³-hybridized carbons (Fsp3) is 0.538. The van der Waals surface area contributed by atoms with E-state index in [0.717, 1.165) is 37.6 Å². The van der Waals surface area contributed by atoms with Crippen molar-refractivity contribution < 1.29 is 0 Å². The standard InChI is InChI=1S/C13H21N5.ClH/c1-4-17-7-6-13(16-17)9-14-8-12-10-18(5-2)15-11(12)3;/h6-7,10,14H,4-5,8-9H2,1-3H3;1H. The summed E-state index contributed by atoms with van der Waals surface area (Å²) in [6, 6.07) is 2.05. The SMILES string of the molecule is CCn1ccc(CNCc2cn(CC)nc2C)n1.Cl. The van der Waals surface area contributed by atoms with Gasteiger partial charge >= 0.3 is 0 Å². The Balaban J connectivity index is 0.00000180. The van der Waals surface area contributed by atoms with Crippen molar-refractivity contribution in [2.24, 2.45) is 0 Å². The molecule has 2 rings (SSSR count). The van der Waals surface area contributed by atoms with Crippen molar-refractivity contribution in [3.63, 3.8) is 0 Å². The van der Waals surface area contributed by atoms with Crippen LogP contribution in [0.4, 0.5) is 0 Å². The predicted molar refractivity (Wildman–Crippen MR) is 78.3 cm³/mol. The van der Waals surface area contributed by atoms with E-state index in [1.54, 1.807) is 0 Å². The summed E-state index contributed by atoms with van der Waals surface area (Å²) in [6.45, 7) is 9.71. The molecule has 0 amide bonds. The van der Waals surface area contributed by atoms with Gasteiger partial charge in [0.2, 0.25) is 0 Å². The molecule has 0 spiro atoms. The number of rotatable bonds is 6. The van der Waals surface area contributed by atoms with Crippen LogP contribution >= 0.6 is 12.4 Å². The molecule has 2 aromatic heterocycles. The van der Waals surface area contributed by atoms with Crippen LogP contribution < -0.4 is 5.32 Å². The van der Waals surface area contributed by atoms with Crippen LogP contribution in [0.25, 0.3) is 0 Å². The first-order chi connectivity index (χ1) is 8.72. The van der Waals surface area contributed by atoms with Crippen molar-refractivity contribution in [2.45, 2.75) is 47.0 Å². The van der Waals surface area contributed by atoms with Gasteiger partial charge in [-0.1, -0.05) is 0 Å². The Hall–Kier alpha value is -1.33. The maximum absolute atomic E-state index is 4.44. The minimum atomic E-state index is 0. The second kappa shape index (κ2) is 7.31. The zero-order valence-corrected chi connectivity index (χ0v) is 12.6. The maximum Gasteiger partial charge on any atom is 0.0762 e. The number of halogens is 1. The zero-order valence-electron chi connectivity index (χ0n) is 11.8. The van der Waals surface area contributed by atoms with E-state index >= 15 is 0 Å². The molecule has 6 heteroatoms. The Kier molecular flexibility index (Phi) is 6.05. The van der Waals surface area contributed by atoms with Crippen LogP contribution in [0.5, 0.6) is 0 Å². The molecule has 0 fully saturated rings. The van der Waals surface area contributed by atoms with E-state index in [1.807, 2.05) is 15.6 Å². The van der Waals surface area contributed by atoms with Crippen LogP contribution in [0.15, 0.2) is 18.5 Å². The number of aromatic nitrogens is 4. The Bertz CT molecular complexity index is 503. The lowest BCUT2D eigenvalue weighted by atomic mass is 10.2. The van der Waals surface area contributed by atoms with Crippen molar-refractivity contribution in [3.8, 4) is 0 Å². The van der Waals surface area contributed by atoms with Gasteiger partial charge in [-0.05, 0) is 26.8 Å². The number of nitrogens with one attached hydrogen (secondary N) is 1. The molecule has 2 aromatic rings. The third-order valence-electron chi connectivity index (χ3n) is 3.01. The van der Waals surface area contributed by atoms with Gasteiger partial charge < -0.3 is 5.32 Å². The Morgan fingerprint density at radius 1 is 1.11 bits per heavy atom. The summed E-state index contributed by atoms with van der Waals surface area (Å²) in [6.07, 6.45) is 4.12. The van der Waals surface area contributed by atoms with E-state index in [1.165, 1.54) is 5.56 Å². The van der Waals surface area contributed by atoms with E-state index < -0.39 is 0 Å². The molecule has 0 saturated heterocycles. The fourth-order valence-corrected chi connectivity index (χ4v) is 1.89. The number of aryl methyl sites for hydroxylation is 3. The first kappa shape index (κ1) is 15.7. The lowest BCUT2D eigenvalue weighted by molar-refractivity contribution is 0.618. The second-order valence-electron chi connectivity index (χ2n) is 4.36. The molecule has 106 valence electrons. The average Bonchev–Trinajstić information content (AvgIpc) is 2.97. The summed E-state index contributed by atoms with van der Waals surface area (Å²) in [5.41, 5.74) is 3.44. The minimum Gasteiger partial charge on any atom is -0.307 e. The van der Waals surface area contributed by atoms with Gasteiger partial charge in [-0.2, -0.15) is 10.2 Å². The van der Waals surface area contributed by atoms with Crippen molar-refractivity contribution >= 4 is 12.4 Å². The lowest BCUT2D eigenvalue weighted by Gasteiger charge is -2.01. The van der Waals surface area contributed by atoms with Crippen molar-refractivity contribution in [1.82, 2.24) is 24.9 Å². The summed E-state index contributed by atoms with van der Waals surface area (Å²) in [7, 11) is 0. The summed E-state index contributed by atoms with van der Waals surface area (Å²) in [4.78, 5) is 0. The lowest BCUT2D eigenvalue weighted by Crippen LogP contribution is -2.13. The third-order valence-corrected chi connectivity index (χ3v) is 3.01. The molecule has 0 aliphatic rings. The van der Waals surface area contributed by atoms with Crippen molar-refractivity contribution in [1.29, 1.82) is 0 Å². The van der Waals surface area contributed by atoms with Crippen LogP contribution in [0.3, 0.4) is 0 Å². The highest BCUT2D eigenvalue weighted by Crippen LogP contribution is 2.05. The van der Waals surface area contributed by atoms with Gasteiger partial charge in [0.15, 0.2) is 0 Å². The number of hydrogen-bond acceptors (Lipinski definition) is 3. The topological polar surface area (TPSA) is 47.7 Å². The highest BCUT2D eigenvalue weighted by Gasteiger charge is 2.04. The van der Waals surface area contributed by atoms with Gasteiger partial charge in [0, 0.05) is 44.1 Å². The van der Waals surface area contributed by atoms with E-state index in [0.29, 0.717) is 0 Å². The summed E-state index contributed by atoms with van der Waals surface area (Å²) >= 11 is 0. The minimum absolute atomic E-state index is 0. The highest BCUT2D eigenvalue weighted by molar-refractivity contribution is 5.85. The van der Waals surface area contributed by atoms with Gasteiger partial charge in [-0.15, -0.1) is 12.4 Å². The number of hydrogen-bond donors (Lipinski definition) is 1. The van der Waals surface area contributed by atoms with E-state index in [9.17, 15) is 0 Å². The summed E-state index contributed by atoms with van der Waals surface area (Å²) in [5.74, 6) is 0. The molecule has 19 heavy (non-hydrogen) atoms. The van der Waals surface area contributed by atoms with E-state index in [4.69, 9.17) is 0 Å². The molecular weight excluding hydrogens is 262 g/mol. The van der Waals surface area contributed by atoms with Gasteiger partial charge in [0.05, 0.1) is 11.4 Å². The van der Waals surface area contributed by atoms with Gasteiger partial charge in [0.1, 0.15) is 0 Å². The van der Waals surface area contributed by atoms with Crippen LogP contribution in [0.2, 0.25) is 0 Å². The van der Waals surface area contributed by atoms with Gasteiger partial charge in [-0.3, -0.25) is 9.36 Å². The molecule has 0 aliphatic carbocycles. The first-order valence-electron chi connectivity index (χ1n) is 6.49. The molecule has 0 aromatic carbocycles. The van der Waals surface area contributed by atoms with Crippen LogP contribution in [0, 0.1) is 6.92 Å². The molecule has 0 bridgehead atoms. The molecule has 1 N–H and O–H groups in total. The second-order valence-corrected chi connectivity index (χ2v) is 4.36. The van der Waals surface area contributed by atoms with Gasteiger partial charge in [-0.25, -0.2) is 0 Å². The molecule has 0 unspecified atom stereocenters. The highest BCUT2D eigenvalue weighted by atomic mass is 35.5. The summed E-state index contributed by atoms with van der Waals surface area (Å²) < 4.78 is 3.91. The first-order valence-corrected chi connectivity index (χ1v) is 6.49. The van der Waals surface area contributed by atoms with Crippen molar-refractivity contribution in [3.05, 3.63) is 35.4 Å². The average molecular weight is 284 g/mol. The van der Waals surface area contributed by atoms with E-state index in [2.05, 4.69) is 48.5 Å². The molecule has 0 radical (unpaired) electrons. The number of nitrogens with zero attached hydrogens (tertiary/aromatic N) is 4. The van der Waals surface area contributed by atoms with Crippen molar-refractivity contribution in [2.75, 3.05) is 0 Å². The zero-order chi connectivity index (χ0) is 13.0. The van der Waals surface area contributed by atoms with E-state index in [-0.39, 0.29) is 12.4 Å². The van der Waals surface area contributed by atoms with Gasteiger partial charge in [0.25, 0.3) is 0 Å². The Labute approximate surface area is 120 Å². The molecule has 2 heterocycles. The third kappa shape index (κ3) is 4.08. The van der Waals surface area contributed by atoms with Crippen LogP contribution in [-0.2, 0) is 26.2 Å². The van der Waals surface area contributed by atoms with Crippen LogP contribution in [0.1, 0.15) is 30.8 Å². The predicted octanol–water partition coefficient (Wildman–Crippen LogP) is 2.14. The molecule has 0 aliphatic heterocycles. The molecule has 5 nitrogen and oxygen atoms in total. The monoisotopic (exact) mass is 283 g/mol. The molecule has 0 saturated carbocycles. The Morgan fingerprint density at radius 2 is 1.84 bits per heavy atom. The largest absolute Gasteiger partial charge is 0.307 e. The normalized spacial score (nSPS) is 10.5.